The number of Topliss-reactive ketones (excluding diaryl/α,β-unsaturated/α-hetero) is 1. The van der Waals surface area contributed by atoms with E-state index >= 15 is 0 Å². The molecule has 0 aromatic rings. The summed E-state index contributed by atoms with van der Waals surface area (Å²) in [6.07, 6.45) is 5.53. The Morgan fingerprint density at radius 2 is 2.25 bits per heavy atom. The minimum Gasteiger partial charge on any atom is -0.426 e. The SMILES string of the molecule is CCC1=CC=CC(B(O)O)C1=O. The van der Waals surface area contributed by atoms with E-state index in [2.05, 4.69) is 0 Å². The van der Waals surface area contributed by atoms with E-state index in [1.54, 1.807) is 12.2 Å². The molecule has 12 heavy (non-hydrogen) atoms. The maximum atomic E-state index is 11.4. The number of rotatable bonds is 2. The highest BCUT2D eigenvalue weighted by Crippen LogP contribution is 2.22. The van der Waals surface area contributed by atoms with Crippen molar-refractivity contribution in [3.05, 3.63) is 23.8 Å². The zero-order valence-electron chi connectivity index (χ0n) is 6.90. The number of ketones is 1. The molecule has 0 heterocycles. The fourth-order valence-corrected chi connectivity index (χ4v) is 1.20. The molecular weight excluding hydrogens is 155 g/mol. The molecule has 0 aromatic carbocycles. The van der Waals surface area contributed by atoms with Gasteiger partial charge in [-0.3, -0.25) is 4.79 Å². The van der Waals surface area contributed by atoms with Gasteiger partial charge >= 0.3 is 7.12 Å². The second-order valence-electron chi connectivity index (χ2n) is 2.73. The summed E-state index contributed by atoms with van der Waals surface area (Å²) in [5, 5.41) is 17.6. The maximum Gasteiger partial charge on any atom is 0.466 e. The molecule has 64 valence electrons. The van der Waals surface area contributed by atoms with Crippen molar-refractivity contribution in [2.24, 2.45) is 0 Å². The van der Waals surface area contributed by atoms with Crippen LogP contribution in [0.25, 0.3) is 0 Å². The zero-order chi connectivity index (χ0) is 9.14. The molecule has 1 atom stereocenters. The highest BCUT2D eigenvalue weighted by molar-refractivity contribution is 6.51. The van der Waals surface area contributed by atoms with Crippen LogP contribution in [0.2, 0.25) is 5.82 Å². The predicted molar refractivity (Wildman–Crippen MR) is 46.5 cm³/mol. The van der Waals surface area contributed by atoms with Crippen LogP contribution in [-0.2, 0) is 4.79 Å². The van der Waals surface area contributed by atoms with Crippen molar-refractivity contribution in [2.75, 3.05) is 0 Å². The van der Waals surface area contributed by atoms with Gasteiger partial charge in [0.05, 0.1) is 5.82 Å². The molecule has 3 nitrogen and oxygen atoms in total. The van der Waals surface area contributed by atoms with Crippen LogP contribution in [0.15, 0.2) is 23.8 Å². The molecule has 0 saturated carbocycles. The third-order valence-electron chi connectivity index (χ3n) is 1.94. The molecule has 2 N–H and O–H groups in total. The van der Waals surface area contributed by atoms with E-state index in [0.717, 1.165) is 0 Å². The molecule has 0 radical (unpaired) electrons. The fraction of sp³-hybridized carbons (Fsp3) is 0.375. The molecule has 1 aliphatic rings. The van der Waals surface area contributed by atoms with E-state index in [1.165, 1.54) is 6.08 Å². The largest absolute Gasteiger partial charge is 0.466 e. The Hall–Kier alpha value is -0.865. The van der Waals surface area contributed by atoms with Gasteiger partial charge < -0.3 is 10.0 Å². The van der Waals surface area contributed by atoms with Gasteiger partial charge in [0, 0.05) is 0 Å². The molecule has 1 rings (SSSR count). The van der Waals surface area contributed by atoms with Crippen molar-refractivity contribution in [3.8, 4) is 0 Å². The first-order valence-electron chi connectivity index (χ1n) is 3.94. The van der Waals surface area contributed by atoms with E-state index in [9.17, 15) is 4.79 Å². The van der Waals surface area contributed by atoms with Gasteiger partial charge in [0.15, 0.2) is 5.78 Å². The Labute approximate surface area is 71.6 Å². The minimum absolute atomic E-state index is 0.185. The molecule has 0 bridgehead atoms. The minimum atomic E-state index is -1.58. The summed E-state index contributed by atoms with van der Waals surface area (Å²) < 4.78 is 0. The van der Waals surface area contributed by atoms with Gasteiger partial charge in [-0.05, 0) is 12.0 Å². The molecule has 4 heteroatoms. The lowest BCUT2D eigenvalue weighted by atomic mass is 9.67. The molecule has 0 aromatic heterocycles. The van der Waals surface area contributed by atoms with E-state index in [4.69, 9.17) is 10.0 Å². The third kappa shape index (κ3) is 1.65. The molecule has 0 amide bonds. The van der Waals surface area contributed by atoms with Gasteiger partial charge in [0.1, 0.15) is 0 Å². The van der Waals surface area contributed by atoms with E-state index < -0.39 is 12.9 Å². The normalized spacial score (nSPS) is 22.4. The Kier molecular flexibility index (Phi) is 2.84. The Balaban J connectivity index is 2.81. The first-order chi connectivity index (χ1) is 5.66. The summed E-state index contributed by atoms with van der Waals surface area (Å²) in [5.41, 5.74) is 0.649. The topological polar surface area (TPSA) is 57.5 Å². The predicted octanol–water partition coefficient (Wildman–Crippen LogP) is 0.305. The summed E-state index contributed by atoms with van der Waals surface area (Å²) in [6, 6.07) is 0. The smallest absolute Gasteiger partial charge is 0.426 e. The van der Waals surface area contributed by atoms with E-state index in [0.29, 0.717) is 12.0 Å². The van der Waals surface area contributed by atoms with Crippen molar-refractivity contribution < 1.29 is 14.8 Å². The Morgan fingerprint density at radius 1 is 1.58 bits per heavy atom. The maximum absolute atomic E-state index is 11.4. The van der Waals surface area contributed by atoms with E-state index in [-0.39, 0.29) is 5.78 Å². The lowest BCUT2D eigenvalue weighted by Crippen LogP contribution is -2.27. The van der Waals surface area contributed by atoms with Crippen LogP contribution >= 0.6 is 0 Å². The summed E-state index contributed by atoms with van der Waals surface area (Å²) >= 11 is 0. The van der Waals surface area contributed by atoms with Crippen LogP contribution < -0.4 is 0 Å². The molecule has 1 unspecified atom stereocenters. The number of allylic oxidation sites excluding steroid dienone is 4. The van der Waals surface area contributed by atoms with Crippen LogP contribution in [0.1, 0.15) is 13.3 Å². The third-order valence-corrected chi connectivity index (χ3v) is 1.94. The molecule has 0 saturated heterocycles. The highest BCUT2D eigenvalue weighted by atomic mass is 16.4. The Morgan fingerprint density at radius 3 is 2.75 bits per heavy atom. The van der Waals surface area contributed by atoms with Gasteiger partial charge in [-0.15, -0.1) is 0 Å². The average molecular weight is 166 g/mol. The zero-order valence-corrected chi connectivity index (χ0v) is 6.90. The lowest BCUT2D eigenvalue weighted by Gasteiger charge is -2.14. The van der Waals surface area contributed by atoms with Crippen molar-refractivity contribution in [3.63, 3.8) is 0 Å². The van der Waals surface area contributed by atoms with Crippen LogP contribution in [0.5, 0.6) is 0 Å². The quantitative estimate of drug-likeness (QED) is 0.580. The number of hydrogen-bond acceptors (Lipinski definition) is 3. The van der Waals surface area contributed by atoms with Gasteiger partial charge in [-0.25, -0.2) is 0 Å². The van der Waals surface area contributed by atoms with Crippen LogP contribution in [0.3, 0.4) is 0 Å². The van der Waals surface area contributed by atoms with Crippen LogP contribution in [0.4, 0.5) is 0 Å². The second-order valence-corrected chi connectivity index (χ2v) is 2.73. The summed E-state index contributed by atoms with van der Waals surface area (Å²) in [6.45, 7) is 1.86. The monoisotopic (exact) mass is 166 g/mol. The Bertz CT molecular complexity index is 243. The number of hydrogen-bond donors (Lipinski definition) is 2. The molecular formula is C8H11BO3. The van der Waals surface area contributed by atoms with Crippen molar-refractivity contribution >= 4 is 12.9 Å². The van der Waals surface area contributed by atoms with Crippen molar-refractivity contribution in [2.45, 2.75) is 19.2 Å². The second kappa shape index (κ2) is 3.69. The summed E-state index contributed by atoms with van der Waals surface area (Å²) in [7, 11) is -1.58. The molecule has 0 aliphatic heterocycles. The van der Waals surface area contributed by atoms with Crippen LogP contribution in [0, 0.1) is 0 Å². The number of carbonyl (C=O) groups excluding carboxylic acids is 1. The molecule has 0 fully saturated rings. The van der Waals surface area contributed by atoms with E-state index in [1.807, 2.05) is 6.92 Å². The summed E-state index contributed by atoms with van der Waals surface area (Å²) in [5.74, 6) is -0.958. The lowest BCUT2D eigenvalue weighted by molar-refractivity contribution is -0.115. The highest BCUT2D eigenvalue weighted by Gasteiger charge is 2.30. The standard InChI is InChI=1S/C8H11BO3/c1-2-6-4-3-5-7(8(6)10)9(11)12/h3-5,7,11-12H,2H2,1H3. The fourth-order valence-electron chi connectivity index (χ4n) is 1.20. The average Bonchev–Trinajstić information content (AvgIpc) is 2.04. The van der Waals surface area contributed by atoms with Crippen LogP contribution in [-0.4, -0.2) is 22.9 Å². The molecule has 1 aliphatic carbocycles. The van der Waals surface area contributed by atoms with Gasteiger partial charge in [-0.2, -0.15) is 0 Å². The van der Waals surface area contributed by atoms with Gasteiger partial charge in [-0.1, -0.05) is 25.2 Å². The van der Waals surface area contributed by atoms with Gasteiger partial charge in [0.25, 0.3) is 0 Å². The summed E-state index contributed by atoms with van der Waals surface area (Å²) in [4.78, 5) is 11.4. The first kappa shape index (κ1) is 9.22. The van der Waals surface area contributed by atoms with Gasteiger partial charge in [0.2, 0.25) is 0 Å². The molecule has 0 spiro atoms. The van der Waals surface area contributed by atoms with Crippen molar-refractivity contribution in [1.82, 2.24) is 0 Å². The number of carbonyl (C=O) groups is 1. The first-order valence-corrected chi connectivity index (χ1v) is 3.94. The van der Waals surface area contributed by atoms with Crippen molar-refractivity contribution in [1.29, 1.82) is 0 Å².